The second kappa shape index (κ2) is 7.27. The van der Waals surface area contributed by atoms with Crippen LogP contribution >= 0.6 is 11.3 Å². The van der Waals surface area contributed by atoms with Gasteiger partial charge < -0.3 is 15.2 Å². The highest BCUT2D eigenvalue weighted by atomic mass is 32.1. The summed E-state index contributed by atoms with van der Waals surface area (Å²) in [6, 6.07) is 12.5. The van der Waals surface area contributed by atoms with Crippen molar-refractivity contribution in [2.75, 3.05) is 13.6 Å². The topological polar surface area (TPSA) is 54.2 Å². The molecular weight excluding hydrogens is 330 g/mol. The number of nitrogens with one attached hydrogen (secondary N) is 2. The van der Waals surface area contributed by atoms with E-state index < -0.39 is 0 Å². The highest BCUT2D eigenvalue weighted by molar-refractivity contribution is 7.10. The van der Waals surface area contributed by atoms with Gasteiger partial charge in [-0.15, -0.1) is 11.3 Å². The molecule has 0 spiro atoms. The Balaban J connectivity index is 1.62. The fourth-order valence-electron chi connectivity index (χ4n) is 2.79. The molecule has 2 aromatic heterocycles. The van der Waals surface area contributed by atoms with Crippen molar-refractivity contribution in [2.45, 2.75) is 25.8 Å². The van der Waals surface area contributed by atoms with Crippen molar-refractivity contribution in [3.05, 3.63) is 52.5 Å². The molecule has 1 aromatic carbocycles. The van der Waals surface area contributed by atoms with Crippen LogP contribution in [0.5, 0.6) is 0 Å². The Morgan fingerprint density at radius 3 is 2.68 bits per heavy atom. The lowest BCUT2D eigenvalue weighted by Crippen LogP contribution is -2.43. The fraction of sp³-hybridized carbons (Fsp3) is 0.368. The maximum Gasteiger partial charge on any atom is 0.191 e. The van der Waals surface area contributed by atoms with E-state index in [4.69, 9.17) is 0 Å². The minimum atomic E-state index is 0.0592. The molecule has 5 nitrogen and oxygen atoms in total. The van der Waals surface area contributed by atoms with Crippen LogP contribution in [-0.4, -0.2) is 29.1 Å². The maximum atomic E-state index is 4.69. The lowest BCUT2D eigenvalue weighted by molar-refractivity contribution is 0.518. The maximum absolute atomic E-state index is 4.69. The van der Waals surface area contributed by atoms with Crippen LogP contribution in [0, 0.1) is 0 Å². The monoisotopic (exact) mass is 355 g/mol. The van der Waals surface area contributed by atoms with E-state index >= 15 is 0 Å². The normalized spacial score (nSPS) is 12.6. The Bertz CT molecular complexity index is 861. The van der Waals surface area contributed by atoms with Crippen LogP contribution in [0.2, 0.25) is 0 Å². The molecule has 3 aromatic rings. The molecule has 132 valence electrons. The minimum absolute atomic E-state index is 0.0592. The largest absolute Gasteiger partial charge is 0.356 e. The van der Waals surface area contributed by atoms with Crippen molar-refractivity contribution >= 4 is 28.3 Å². The third-order valence-electron chi connectivity index (χ3n) is 4.40. The van der Waals surface area contributed by atoms with Crippen molar-refractivity contribution in [1.82, 2.24) is 20.2 Å². The zero-order valence-electron chi connectivity index (χ0n) is 15.2. The molecule has 0 amide bonds. The summed E-state index contributed by atoms with van der Waals surface area (Å²) in [4.78, 5) is 10.4. The minimum Gasteiger partial charge on any atom is -0.356 e. The first-order chi connectivity index (χ1) is 12.0. The van der Waals surface area contributed by atoms with Gasteiger partial charge in [0.15, 0.2) is 5.96 Å². The van der Waals surface area contributed by atoms with Crippen LogP contribution in [0.1, 0.15) is 24.5 Å². The molecule has 0 saturated carbocycles. The Morgan fingerprint density at radius 2 is 2.00 bits per heavy atom. The third kappa shape index (κ3) is 3.85. The Kier molecular flexibility index (Phi) is 5.08. The van der Waals surface area contributed by atoms with Crippen molar-refractivity contribution in [1.29, 1.82) is 0 Å². The first-order valence-corrected chi connectivity index (χ1v) is 9.28. The molecule has 3 rings (SSSR count). The van der Waals surface area contributed by atoms with Crippen LogP contribution in [0.25, 0.3) is 11.0 Å². The average Bonchev–Trinajstić information content (AvgIpc) is 3.25. The van der Waals surface area contributed by atoms with Crippen molar-refractivity contribution < 1.29 is 0 Å². The molecule has 0 aliphatic heterocycles. The van der Waals surface area contributed by atoms with Gasteiger partial charge in [-0.25, -0.2) is 4.98 Å². The summed E-state index contributed by atoms with van der Waals surface area (Å²) in [5.41, 5.74) is 2.22. The number of hydrogen-bond donors (Lipinski definition) is 2. The zero-order valence-corrected chi connectivity index (χ0v) is 16.0. The van der Waals surface area contributed by atoms with Crippen molar-refractivity contribution in [2.24, 2.45) is 12.0 Å². The molecule has 0 bridgehead atoms. The molecule has 0 fully saturated rings. The van der Waals surface area contributed by atoms with Crippen LogP contribution in [0.15, 0.2) is 46.8 Å². The molecule has 25 heavy (non-hydrogen) atoms. The first kappa shape index (κ1) is 17.5. The number of para-hydroxylation sites is 2. The van der Waals surface area contributed by atoms with E-state index in [1.165, 1.54) is 4.88 Å². The van der Waals surface area contributed by atoms with Crippen molar-refractivity contribution in [3.8, 4) is 0 Å². The predicted octanol–water partition coefficient (Wildman–Crippen LogP) is 3.28. The van der Waals surface area contributed by atoms with Gasteiger partial charge in [-0.05, 0) is 23.6 Å². The number of fused-ring (bicyclic) bond motifs is 1. The summed E-state index contributed by atoms with van der Waals surface area (Å²) in [6.07, 6.45) is 0. The second-order valence-corrected chi connectivity index (χ2v) is 7.66. The molecular formula is C19H25N5S. The first-order valence-electron chi connectivity index (χ1n) is 8.40. The molecule has 0 aliphatic rings. The van der Waals surface area contributed by atoms with E-state index in [1.807, 2.05) is 25.2 Å². The van der Waals surface area contributed by atoms with E-state index in [9.17, 15) is 0 Å². The number of rotatable bonds is 5. The smallest absolute Gasteiger partial charge is 0.191 e. The number of nitrogens with zero attached hydrogens (tertiary/aromatic N) is 3. The number of aromatic nitrogens is 2. The van der Waals surface area contributed by atoms with Gasteiger partial charge in [0.2, 0.25) is 0 Å². The highest BCUT2D eigenvalue weighted by Gasteiger charge is 2.22. The van der Waals surface area contributed by atoms with Crippen LogP contribution in [-0.2, 0) is 19.0 Å². The van der Waals surface area contributed by atoms with E-state index in [0.29, 0.717) is 6.54 Å². The molecule has 0 saturated heterocycles. The summed E-state index contributed by atoms with van der Waals surface area (Å²) in [6.45, 7) is 5.93. The van der Waals surface area contributed by atoms with Gasteiger partial charge >= 0.3 is 0 Å². The Labute approximate surface area is 152 Å². The summed E-state index contributed by atoms with van der Waals surface area (Å²) in [5.74, 6) is 1.78. The van der Waals surface area contributed by atoms with Gasteiger partial charge in [0.05, 0.1) is 17.6 Å². The average molecular weight is 356 g/mol. The molecule has 6 heteroatoms. The summed E-state index contributed by atoms with van der Waals surface area (Å²) < 4.78 is 2.12. The van der Waals surface area contributed by atoms with E-state index in [2.05, 4.69) is 62.6 Å². The molecule has 2 heterocycles. The number of imidazole rings is 1. The van der Waals surface area contributed by atoms with Crippen LogP contribution in [0.4, 0.5) is 0 Å². The summed E-state index contributed by atoms with van der Waals surface area (Å²) in [7, 11) is 3.84. The standard InChI is InChI=1S/C19H25N5S/c1-19(2,16-10-7-11-25-16)13-22-18(20-3)21-12-17-23-14-8-5-6-9-15(14)24(17)4/h5-11H,12-13H2,1-4H3,(H2,20,21,22). The van der Waals surface area contributed by atoms with Gasteiger partial charge in [0.1, 0.15) is 5.82 Å². The molecule has 0 unspecified atom stereocenters. The molecule has 0 radical (unpaired) electrons. The SMILES string of the molecule is CN=C(NCc1nc2ccccc2n1C)NCC(C)(C)c1cccs1. The lowest BCUT2D eigenvalue weighted by Gasteiger charge is -2.25. The van der Waals surface area contributed by atoms with Gasteiger partial charge in [0, 0.05) is 30.9 Å². The Hall–Kier alpha value is -2.34. The van der Waals surface area contributed by atoms with Gasteiger partial charge in [-0.2, -0.15) is 0 Å². The number of guanidine groups is 1. The second-order valence-electron chi connectivity index (χ2n) is 6.72. The van der Waals surface area contributed by atoms with E-state index in [1.54, 1.807) is 18.4 Å². The van der Waals surface area contributed by atoms with Gasteiger partial charge in [-0.3, -0.25) is 4.99 Å². The number of thiophene rings is 1. The summed E-state index contributed by atoms with van der Waals surface area (Å²) in [5, 5.41) is 8.92. The van der Waals surface area contributed by atoms with Gasteiger partial charge in [-0.1, -0.05) is 32.0 Å². The van der Waals surface area contributed by atoms with Crippen molar-refractivity contribution in [3.63, 3.8) is 0 Å². The number of aryl methyl sites for hydroxylation is 1. The number of benzene rings is 1. The lowest BCUT2D eigenvalue weighted by atomic mass is 9.91. The predicted molar refractivity (Wildman–Crippen MR) is 106 cm³/mol. The highest BCUT2D eigenvalue weighted by Crippen LogP contribution is 2.26. The molecule has 2 N–H and O–H groups in total. The van der Waals surface area contributed by atoms with E-state index in [-0.39, 0.29) is 5.41 Å². The zero-order chi connectivity index (χ0) is 17.9. The fourth-order valence-corrected chi connectivity index (χ4v) is 3.64. The Morgan fingerprint density at radius 1 is 1.20 bits per heavy atom. The number of aliphatic imine (C=N–C) groups is 1. The third-order valence-corrected chi connectivity index (χ3v) is 5.64. The quantitative estimate of drug-likeness (QED) is 0.545. The number of hydrogen-bond acceptors (Lipinski definition) is 3. The molecule has 0 atom stereocenters. The molecule has 0 aliphatic carbocycles. The van der Waals surface area contributed by atoms with Gasteiger partial charge in [0.25, 0.3) is 0 Å². The van der Waals surface area contributed by atoms with Crippen LogP contribution in [0.3, 0.4) is 0 Å². The summed E-state index contributed by atoms with van der Waals surface area (Å²) >= 11 is 1.79. The van der Waals surface area contributed by atoms with Crippen LogP contribution < -0.4 is 10.6 Å². The van der Waals surface area contributed by atoms with E-state index in [0.717, 1.165) is 29.4 Å².